The van der Waals surface area contributed by atoms with Crippen molar-refractivity contribution in [1.82, 2.24) is 14.8 Å². The number of nitrogen functional groups attached to an aromatic ring is 1. The monoisotopic (exact) mass is 204 g/mol. The van der Waals surface area contributed by atoms with E-state index in [0.29, 0.717) is 0 Å². The first-order chi connectivity index (χ1) is 7.06. The van der Waals surface area contributed by atoms with Crippen LogP contribution in [0.2, 0.25) is 0 Å². The van der Waals surface area contributed by atoms with E-state index >= 15 is 0 Å². The van der Waals surface area contributed by atoms with E-state index in [-0.39, 0.29) is 5.54 Å². The lowest BCUT2D eigenvalue weighted by atomic mass is 10.0. The number of nitrogens with two attached hydrogens (primary N) is 1. The predicted octanol–water partition coefficient (Wildman–Crippen LogP) is 2.16. The fourth-order valence-electron chi connectivity index (χ4n) is 1.54. The molecule has 2 aromatic heterocycles. The van der Waals surface area contributed by atoms with Crippen molar-refractivity contribution >= 4 is 16.7 Å². The van der Waals surface area contributed by atoms with Gasteiger partial charge in [-0.15, -0.1) is 0 Å². The zero-order valence-electron chi connectivity index (χ0n) is 9.36. The van der Waals surface area contributed by atoms with Gasteiger partial charge in [0.25, 0.3) is 0 Å². The van der Waals surface area contributed by atoms with Crippen LogP contribution in [0.5, 0.6) is 0 Å². The number of aromatic nitrogens is 3. The molecule has 2 aromatic rings. The summed E-state index contributed by atoms with van der Waals surface area (Å²) in [5, 5.41) is 5.30. The van der Waals surface area contributed by atoms with Crippen molar-refractivity contribution in [2.24, 2.45) is 0 Å². The molecule has 0 aliphatic carbocycles. The van der Waals surface area contributed by atoms with Gasteiger partial charge in [-0.3, -0.25) is 0 Å². The lowest BCUT2D eigenvalue weighted by Gasteiger charge is -2.23. The second kappa shape index (κ2) is 3.22. The van der Waals surface area contributed by atoms with Gasteiger partial charge in [0.1, 0.15) is 0 Å². The van der Waals surface area contributed by atoms with Gasteiger partial charge in [-0.1, -0.05) is 6.92 Å². The molecule has 0 bridgehead atoms. The van der Waals surface area contributed by atoms with Crippen molar-refractivity contribution in [2.45, 2.75) is 32.7 Å². The van der Waals surface area contributed by atoms with E-state index in [0.717, 1.165) is 23.1 Å². The number of fused-ring (bicyclic) bond motifs is 1. The summed E-state index contributed by atoms with van der Waals surface area (Å²) in [7, 11) is 0. The molecule has 2 rings (SSSR count). The summed E-state index contributed by atoms with van der Waals surface area (Å²) >= 11 is 0. The van der Waals surface area contributed by atoms with Crippen molar-refractivity contribution in [3.63, 3.8) is 0 Å². The highest BCUT2D eigenvalue weighted by Crippen LogP contribution is 2.25. The molecule has 0 aliphatic heterocycles. The molecule has 0 aromatic carbocycles. The van der Waals surface area contributed by atoms with Crippen LogP contribution in [0.1, 0.15) is 27.2 Å². The van der Waals surface area contributed by atoms with Crippen LogP contribution in [0.25, 0.3) is 11.0 Å². The Morgan fingerprint density at radius 1 is 1.47 bits per heavy atom. The van der Waals surface area contributed by atoms with Crippen molar-refractivity contribution in [2.75, 3.05) is 5.73 Å². The molecule has 0 saturated heterocycles. The highest BCUT2D eigenvalue weighted by atomic mass is 15.3. The molecule has 0 atom stereocenters. The van der Waals surface area contributed by atoms with Crippen molar-refractivity contribution in [1.29, 1.82) is 0 Å². The minimum Gasteiger partial charge on any atom is -0.398 e. The van der Waals surface area contributed by atoms with Crippen LogP contribution in [0.3, 0.4) is 0 Å². The molecule has 0 aliphatic rings. The molecule has 0 radical (unpaired) electrons. The molecule has 0 saturated carbocycles. The van der Waals surface area contributed by atoms with Crippen LogP contribution >= 0.6 is 0 Å². The largest absolute Gasteiger partial charge is 0.398 e. The van der Waals surface area contributed by atoms with Gasteiger partial charge in [-0.2, -0.15) is 5.10 Å². The van der Waals surface area contributed by atoms with E-state index in [1.54, 1.807) is 18.5 Å². The van der Waals surface area contributed by atoms with Gasteiger partial charge >= 0.3 is 0 Å². The number of rotatable bonds is 2. The molecule has 4 nitrogen and oxygen atoms in total. The fourth-order valence-corrected chi connectivity index (χ4v) is 1.54. The Morgan fingerprint density at radius 3 is 2.87 bits per heavy atom. The Kier molecular flexibility index (Phi) is 2.14. The first-order valence-electron chi connectivity index (χ1n) is 5.15. The second-order valence-electron chi connectivity index (χ2n) is 4.36. The quantitative estimate of drug-likeness (QED) is 0.815. The maximum atomic E-state index is 5.86. The zero-order chi connectivity index (χ0) is 11.1. The number of anilines is 1. The molecule has 0 fully saturated rings. The van der Waals surface area contributed by atoms with Crippen LogP contribution in [0.4, 0.5) is 5.69 Å². The third kappa shape index (κ3) is 1.46. The summed E-state index contributed by atoms with van der Waals surface area (Å²) in [6.07, 6.45) is 4.51. The first-order valence-corrected chi connectivity index (χ1v) is 5.15. The zero-order valence-corrected chi connectivity index (χ0v) is 9.36. The maximum absolute atomic E-state index is 5.86. The lowest BCUT2D eigenvalue weighted by molar-refractivity contribution is 0.317. The fraction of sp³-hybridized carbons (Fsp3) is 0.455. The first kappa shape index (κ1) is 9.96. The number of nitrogens with zero attached hydrogens (tertiary/aromatic N) is 3. The maximum Gasteiger partial charge on any atom is 0.160 e. The number of hydrogen-bond donors (Lipinski definition) is 1. The minimum absolute atomic E-state index is 0.0253. The third-order valence-electron chi connectivity index (χ3n) is 2.94. The Morgan fingerprint density at radius 2 is 2.20 bits per heavy atom. The summed E-state index contributed by atoms with van der Waals surface area (Å²) in [6.45, 7) is 6.43. The average molecular weight is 204 g/mol. The molecule has 2 heterocycles. The molecule has 15 heavy (non-hydrogen) atoms. The van der Waals surface area contributed by atoms with Crippen molar-refractivity contribution < 1.29 is 0 Å². The van der Waals surface area contributed by atoms with Crippen LogP contribution in [-0.2, 0) is 5.54 Å². The van der Waals surface area contributed by atoms with E-state index in [9.17, 15) is 0 Å². The molecule has 0 amide bonds. The molecule has 0 spiro atoms. The highest BCUT2D eigenvalue weighted by molar-refractivity contribution is 5.87. The summed E-state index contributed by atoms with van der Waals surface area (Å²) in [5.41, 5.74) is 7.43. The Hall–Kier alpha value is -1.58. The lowest BCUT2D eigenvalue weighted by Crippen LogP contribution is -2.26. The van der Waals surface area contributed by atoms with Gasteiger partial charge in [0.15, 0.2) is 5.65 Å². The van der Waals surface area contributed by atoms with E-state index in [4.69, 9.17) is 5.73 Å². The Labute approximate surface area is 89.1 Å². The van der Waals surface area contributed by atoms with Crippen molar-refractivity contribution in [3.8, 4) is 0 Å². The van der Waals surface area contributed by atoms with E-state index in [2.05, 4.69) is 30.9 Å². The van der Waals surface area contributed by atoms with Gasteiger partial charge in [0.05, 0.1) is 17.1 Å². The van der Waals surface area contributed by atoms with Gasteiger partial charge in [0, 0.05) is 11.9 Å². The topological polar surface area (TPSA) is 56.7 Å². The molecule has 2 N–H and O–H groups in total. The summed E-state index contributed by atoms with van der Waals surface area (Å²) in [4.78, 5) is 4.34. The summed E-state index contributed by atoms with van der Waals surface area (Å²) < 4.78 is 1.94. The third-order valence-corrected chi connectivity index (χ3v) is 2.94. The molecule has 80 valence electrons. The standard InChI is InChI=1S/C11H16N4/c1-4-11(2,3)15-10-8(7-14-15)9(12)5-6-13-10/h5-7H,4H2,1-3H3,(H2,12,13). The highest BCUT2D eigenvalue weighted by Gasteiger charge is 2.21. The van der Waals surface area contributed by atoms with E-state index in [1.165, 1.54) is 0 Å². The van der Waals surface area contributed by atoms with Crippen molar-refractivity contribution in [3.05, 3.63) is 18.5 Å². The molecular weight excluding hydrogens is 188 g/mol. The van der Waals surface area contributed by atoms with Gasteiger partial charge in [-0.25, -0.2) is 9.67 Å². The average Bonchev–Trinajstić information content (AvgIpc) is 2.63. The normalized spacial score (nSPS) is 12.2. The van der Waals surface area contributed by atoms with Crippen LogP contribution in [0, 0.1) is 0 Å². The summed E-state index contributed by atoms with van der Waals surface area (Å²) in [5.74, 6) is 0. The molecule has 4 heteroatoms. The van der Waals surface area contributed by atoms with Crippen LogP contribution in [-0.4, -0.2) is 14.8 Å². The van der Waals surface area contributed by atoms with Gasteiger partial charge in [-0.05, 0) is 26.3 Å². The minimum atomic E-state index is -0.0253. The van der Waals surface area contributed by atoms with E-state index in [1.807, 2.05) is 4.68 Å². The molecular formula is C11H16N4. The Balaban J connectivity index is 2.69. The number of pyridine rings is 1. The van der Waals surface area contributed by atoms with Crippen LogP contribution in [0.15, 0.2) is 18.5 Å². The molecule has 0 unspecified atom stereocenters. The Bertz CT molecular complexity index is 484. The predicted molar refractivity (Wildman–Crippen MR) is 61.6 cm³/mol. The van der Waals surface area contributed by atoms with E-state index < -0.39 is 0 Å². The summed E-state index contributed by atoms with van der Waals surface area (Å²) in [6, 6.07) is 1.80. The smallest absolute Gasteiger partial charge is 0.160 e. The number of hydrogen-bond acceptors (Lipinski definition) is 3. The van der Waals surface area contributed by atoms with Gasteiger partial charge in [0.2, 0.25) is 0 Å². The van der Waals surface area contributed by atoms with Gasteiger partial charge < -0.3 is 5.73 Å². The second-order valence-corrected chi connectivity index (χ2v) is 4.36. The van der Waals surface area contributed by atoms with Crippen LogP contribution < -0.4 is 5.73 Å². The SMILES string of the molecule is CCC(C)(C)n1ncc2c(N)ccnc21.